The van der Waals surface area contributed by atoms with Gasteiger partial charge in [0.1, 0.15) is 6.04 Å². The summed E-state index contributed by atoms with van der Waals surface area (Å²) < 4.78 is 4.99. The average molecular weight is 398 g/mol. The molecule has 2 aromatic carbocycles. The predicted molar refractivity (Wildman–Crippen MR) is 104 cm³/mol. The maximum Gasteiger partial charge on any atom is 0.329 e. The van der Waals surface area contributed by atoms with E-state index < -0.39 is 36.3 Å². The van der Waals surface area contributed by atoms with E-state index >= 15 is 0 Å². The Morgan fingerprint density at radius 3 is 2.14 bits per heavy atom. The number of thioether (sulfide) groups is 1. The molecule has 8 heteroatoms. The van der Waals surface area contributed by atoms with Crippen molar-refractivity contribution in [3.63, 3.8) is 0 Å². The minimum Gasteiger partial charge on any atom is -0.454 e. The summed E-state index contributed by atoms with van der Waals surface area (Å²) in [4.78, 5) is 51.0. The Hall–Kier alpha value is -3.13. The number of fused-ring (bicyclic) bond motifs is 1. The van der Waals surface area contributed by atoms with E-state index in [9.17, 15) is 19.2 Å². The van der Waals surface area contributed by atoms with Crippen LogP contribution in [0.3, 0.4) is 0 Å². The van der Waals surface area contributed by atoms with Gasteiger partial charge in [-0.25, -0.2) is 4.79 Å². The van der Waals surface area contributed by atoms with Crippen LogP contribution in [0.25, 0.3) is 0 Å². The number of nitrogens with zero attached hydrogens (tertiary/aromatic N) is 1. The SMILES string of the molecule is CSc1ccc(NC(=O)COC(=O)C(C)N2C(=O)c3ccccc3C2=O)cc1. The van der Waals surface area contributed by atoms with Crippen LogP contribution in [0.15, 0.2) is 53.4 Å². The molecule has 0 bridgehead atoms. The van der Waals surface area contributed by atoms with Gasteiger partial charge in [0.2, 0.25) is 0 Å². The molecule has 0 radical (unpaired) electrons. The first-order valence-corrected chi connectivity index (χ1v) is 9.72. The molecule has 3 amide bonds. The van der Waals surface area contributed by atoms with Gasteiger partial charge in [-0.1, -0.05) is 12.1 Å². The van der Waals surface area contributed by atoms with Crippen LogP contribution in [0.1, 0.15) is 27.6 Å². The maximum atomic E-state index is 12.4. The fourth-order valence-electron chi connectivity index (χ4n) is 2.79. The number of ether oxygens (including phenoxy) is 1. The Morgan fingerprint density at radius 2 is 1.61 bits per heavy atom. The number of benzene rings is 2. The van der Waals surface area contributed by atoms with Crippen molar-refractivity contribution < 1.29 is 23.9 Å². The lowest BCUT2D eigenvalue weighted by Gasteiger charge is -2.20. The smallest absolute Gasteiger partial charge is 0.329 e. The molecule has 1 unspecified atom stereocenters. The van der Waals surface area contributed by atoms with Crippen molar-refractivity contribution in [2.45, 2.75) is 17.9 Å². The minimum absolute atomic E-state index is 0.249. The number of hydrogen-bond donors (Lipinski definition) is 1. The van der Waals surface area contributed by atoms with E-state index in [2.05, 4.69) is 5.32 Å². The predicted octanol–water partition coefficient (Wildman–Crippen LogP) is 2.57. The molecular formula is C20H18N2O5S. The normalized spacial score (nSPS) is 13.9. The molecule has 0 aliphatic carbocycles. The van der Waals surface area contributed by atoms with E-state index in [0.29, 0.717) is 5.69 Å². The largest absolute Gasteiger partial charge is 0.454 e. The summed E-state index contributed by atoms with van der Waals surface area (Å²) >= 11 is 1.58. The number of esters is 1. The van der Waals surface area contributed by atoms with Gasteiger partial charge in [0, 0.05) is 10.6 Å². The van der Waals surface area contributed by atoms with E-state index in [1.165, 1.54) is 19.1 Å². The highest BCUT2D eigenvalue weighted by Gasteiger charge is 2.41. The monoisotopic (exact) mass is 398 g/mol. The summed E-state index contributed by atoms with van der Waals surface area (Å²) in [5.74, 6) is -2.45. The van der Waals surface area contributed by atoms with Crippen molar-refractivity contribution in [2.24, 2.45) is 0 Å². The van der Waals surface area contributed by atoms with Crippen molar-refractivity contribution in [3.05, 3.63) is 59.7 Å². The molecule has 7 nitrogen and oxygen atoms in total. The molecule has 1 N–H and O–H groups in total. The van der Waals surface area contributed by atoms with Crippen molar-refractivity contribution in [1.82, 2.24) is 4.90 Å². The van der Waals surface area contributed by atoms with Crippen molar-refractivity contribution in [2.75, 3.05) is 18.2 Å². The highest BCUT2D eigenvalue weighted by Crippen LogP contribution is 2.24. The van der Waals surface area contributed by atoms with Crippen molar-refractivity contribution >= 4 is 41.1 Å². The molecule has 1 atom stereocenters. The molecule has 0 spiro atoms. The van der Waals surface area contributed by atoms with Crippen LogP contribution in [0.2, 0.25) is 0 Å². The Bertz CT molecular complexity index is 907. The molecule has 0 saturated carbocycles. The second-order valence-corrected chi connectivity index (χ2v) is 6.97. The summed E-state index contributed by atoms with van der Waals surface area (Å²) in [6.07, 6.45) is 1.95. The zero-order valence-corrected chi connectivity index (χ0v) is 16.1. The molecule has 1 aliphatic heterocycles. The summed E-state index contributed by atoms with van der Waals surface area (Å²) in [6.45, 7) is 0.875. The fraction of sp³-hybridized carbons (Fsp3) is 0.200. The molecule has 0 saturated heterocycles. The van der Waals surface area contributed by atoms with Crippen LogP contribution < -0.4 is 5.32 Å². The van der Waals surface area contributed by atoms with Crippen LogP contribution in [-0.4, -0.2) is 47.5 Å². The van der Waals surface area contributed by atoms with Crippen LogP contribution in [0.5, 0.6) is 0 Å². The fourth-order valence-corrected chi connectivity index (χ4v) is 3.20. The standard InChI is InChI=1S/C20H18N2O5S/c1-12(22-18(24)15-5-3-4-6-16(15)19(22)25)20(26)27-11-17(23)21-13-7-9-14(28-2)10-8-13/h3-10,12H,11H2,1-2H3,(H,21,23). The first-order chi connectivity index (χ1) is 13.4. The zero-order chi connectivity index (χ0) is 20.3. The van der Waals surface area contributed by atoms with Crippen molar-refractivity contribution in [3.8, 4) is 0 Å². The van der Waals surface area contributed by atoms with Crippen molar-refractivity contribution in [1.29, 1.82) is 0 Å². The number of imide groups is 1. The zero-order valence-electron chi connectivity index (χ0n) is 15.3. The minimum atomic E-state index is -1.14. The summed E-state index contributed by atoms with van der Waals surface area (Å²) in [6, 6.07) is 12.4. The number of amides is 3. The Kier molecular flexibility index (Phi) is 5.79. The molecule has 0 fully saturated rings. The van der Waals surface area contributed by atoms with Crippen LogP contribution in [-0.2, 0) is 14.3 Å². The topological polar surface area (TPSA) is 92.8 Å². The molecule has 1 heterocycles. The first-order valence-electron chi connectivity index (χ1n) is 8.50. The number of anilines is 1. The number of nitrogens with one attached hydrogen (secondary N) is 1. The van der Waals surface area contributed by atoms with Gasteiger partial charge in [0.05, 0.1) is 11.1 Å². The average Bonchev–Trinajstić information content (AvgIpc) is 2.97. The third-order valence-electron chi connectivity index (χ3n) is 4.27. The maximum absolute atomic E-state index is 12.4. The van der Waals surface area contributed by atoms with Gasteiger partial charge in [-0.3, -0.25) is 19.3 Å². The number of rotatable bonds is 6. The van der Waals surface area contributed by atoms with E-state index in [0.717, 1.165) is 9.80 Å². The second kappa shape index (κ2) is 8.26. The lowest BCUT2D eigenvalue weighted by atomic mass is 10.1. The molecule has 1 aliphatic rings. The molecule has 28 heavy (non-hydrogen) atoms. The van der Waals surface area contributed by atoms with Gasteiger partial charge in [0.15, 0.2) is 6.61 Å². The Balaban J connectivity index is 1.56. The van der Waals surface area contributed by atoms with Gasteiger partial charge in [-0.15, -0.1) is 11.8 Å². The highest BCUT2D eigenvalue weighted by molar-refractivity contribution is 7.98. The van der Waals surface area contributed by atoms with E-state index in [4.69, 9.17) is 4.74 Å². The summed E-state index contributed by atoms with van der Waals surface area (Å²) in [5.41, 5.74) is 1.07. The van der Waals surface area contributed by atoms with Crippen LogP contribution in [0, 0.1) is 0 Å². The second-order valence-electron chi connectivity index (χ2n) is 6.09. The highest BCUT2D eigenvalue weighted by atomic mass is 32.2. The lowest BCUT2D eigenvalue weighted by molar-refractivity contribution is -0.150. The van der Waals surface area contributed by atoms with Gasteiger partial charge in [-0.05, 0) is 49.6 Å². The van der Waals surface area contributed by atoms with Gasteiger partial charge < -0.3 is 10.1 Å². The molecule has 2 aromatic rings. The van der Waals surface area contributed by atoms with E-state index in [1.807, 2.05) is 18.4 Å². The van der Waals surface area contributed by atoms with E-state index in [1.54, 1.807) is 36.0 Å². The lowest BCUT2D eigenvalue weighted by Crippen LogP contribution is -2.44. The quantitative estimate of drug-likeness (QED) is 0.457. The summed E-state index contributed by atoms with van der Waals surface area (Å²) in [7, 11) is 0. The molecule has 144 valence electrons. The Labute approximate surface area is 166 Å². The third-order valence-corrected chi connectivity index (χ3v) is 5.02. The number of carbonyl (C=O) groups excluding carboxylic acids is 4. The van der Waals surface area contributed by atoms with Crippen LogP contribution >= 0.6 is 11.8 Å². The van der Waals surface area contributed by atoms with Gasteiger partial charge in [0.25, 0.3) is 17.7 Å². The third kappa shape index (κ3) is 3.91. The Morgan fingerprint density at radius 1 is 1.04 bits per heavy atom. The van der Waals surface area contributed by atoms with Crippen LogP contribution in [0.4, 0.5) is 5.69 Å². The molecule has 3 rings (SSSR count). The first kappa shape index (κ1) is 19.6. The molecular weight excluding hydrogens is 380 g/mol. The van der Waals surface area contributed by atoms with E-state index in [-0.39, 0.29) is 11.1 Å². The van der Waals surface area contributed by atoms with Gasteiger partial charge >= 0.3 is 5.97 Å². The number of hydrogen-bond acceptors (Lipinski definition) is 6. The van der Waals surface area contributed by atoms with Gasteiger partial charge in [-0.2, -0.15) is 0 Å². The summed E-state index contributed by atoms with van der Waals surface area (Å²) in [5, 5.41) is 2.62. The molecule has 0 aromatic heterocycles. The number of carbonyl (C=O) groups is 4.